The minimum absolute atomic E-state index is 0.0594. The van der Waals surface area contributed by atoms with Crippen molar-refractivity contribution in [2.24, 2.45) is 0 Å². The van der Waals surface area contributed by atoms with Crippen LogP contribution in [-0.4, -0.2) is 0 Å². The summed E-state index contributed by atoms with van der Waals surface area (Å²) in [4.78, 5) is 0. The Morgan fingerprint density at radius 1 is 1.27 bits per heavy atom. The molecular formula is C19H19FN2. The third kappa shape index (κ3) is 2.87. The van der Waals surface area contributed by atoms with Crippen LogP contribution in [0.2, 0.25) is 0 Å². The summed E-state index contributed by atoms with van der Waals surface area (Å²) in [6, 6.07) is 10.7. The van der Waals surface area contributed by atoms with E-state index in [1.54, 1.807) is 6.07 Å². The van der Waals surface area contributed by atoms with Crippen LogP contribution >= 0.6 is 0 Å². The molecule has 0 radical (unpaired) electrons. The fourth-order valence-electron chi connectivity index (χ4n) is 2.56. The lowest BCUT2D eigenvalue weighted by molar-refractivity contribution is 0.622. The molecule has 22 heavy (non-hydrogen) atoms. The zero-order valence-corrected chi connectivity index (χ0v) is 13.1. The topological polar surface area (TPSA) is 49.8 Å². The number of rotatable bonds is 3. The number of nitrogens with zero attached hydrogens (tertiary/aromatic N) is 1. The molecule has 0 fully saturated rings. The monoisotopic (exact) mass is 294 g/mol. The zero-order chi connectivity index (χ0) is 16.3. The van der Waals surface area contributed by atoms with Gasteiger partial charge in [0.1, 0.15) is 11.9 Å². The minimum atomic E-state index is -0.483. The molecule has 112 valence electrons. The van der Waals surface area contributed by atoms with Gasteiger partial charge in [-0.05, 0) is 66.3 Å². The highest BCUT2D eigenvalue weighted by atomic mass is 19.1. The van der Waals surface area contributed by atoms with Gasteiger partial charge in [-0.1, -0.05) is 25.1 Å². The van der Waals surface area contributed by atoms with E-state index in [0.29, 0.717) is 0 Å². The van der Waals surface area contributed by atoms with E-state index in [4.69, 9.17) is 11.0 Å². The summed E-state index contributed by atoms with van der Waals surface area (Å²) < 4.78 is 13.8. The molecule has 2 aromatic carbocycles. The molecule has 0 amide bonds. The van der Waals surface area contributed by atoms with E-state index in [1.807, 2.05) is 45.0 Å². The summed E-state index contributed by atoms with van der Waals surface area (Å²) in [5.41, 5.74) is 11.5. The van der Waals surface area contributed by atoms with Gasteiger partial charge in [-0.3, -0.25) is 0 Å². The average molecular weight is 294 g/mol. The minimum Gasteiger partial charge on any atom is -0.398 e. The van der Waals surface area contributed by atoms with Crippen LogP contribution in [0.4, 0.5) is 10.1 Å². The number of nitrogens with two attached hydrogens (primary N) is 1. The van der Waals surface area contributed by atoms with Crippen LogP contribution in [0.5, 0.6) is 0 Å². The fourth-order valence-corrected chi connectivity index (χ4v) is 2.56. The van der Waals surface area contributed by atoms with Gasteiger partial charge in [0.25, 0.3) is 0 Å². The van der Waals surface area contributed by atoms with E-state index in [-0.39, 0.29) is 5.56 Å². The molecule has 2 nitrogen and oxygen atoms in total. The van der Waals surface area contributed by atoms with E-state index in [0.717, 1.165) is 39.9 Å². The number of benzene rings is 2. The Balaban J connectivity index is 2.72. The number of aryl methyl sites for hydroxylation is 1. The van der Waals surface area contributed by atoms with Gasteiger partial charge in [-0.2, -0.15) is 5.26 Å². The van der Waals surface area contributed by atoms with Gasteiger partial charge in [0.2, 0.25) is 0 Å². The molecule has 0 aliphatic heterocycles. The lowest BCUT2D eigenvalue weighted by Crippen LogP contribution is -2.00. The van der Waals surface area contributed by atoms with Gasteiger partial charge >= 0.3 is 0 Å². The van der Waals surface area contributed by atoms with Crippen molar-refractivity contribution in [3.05, 3.63) is 70.0 Å². The Bertz CT molecular complexity index is 783. The van der Waals surface area contributed by atoms with Crippen LogP contribution in [0.15, 0.2) is 36.4 Å². The third-order valence-corrected chi connectivity index (χ3v) is 3.80. The molecule has 0 heterocycles. The highest BCUT2D eigenvalue weighted by Crippen LogP contribution is 2.32. The van der Waals surface area contributed by atoms with Crippen molar-refractivity contribution in [3.8, 4) is 6.07 Å². The number of hydrogen-bond acceptors (Lipinski definition) is 2. The second-order valence-corrected chi connectivity index (χ2v) is 5.30. The largest absolute Gasteiger partial charge is 0.398 e. The zero-order valence-electron chi connectivity index (χ0n) is 13.1. The molecule has 2 rings (SSSR count). The predicted molar refractivity (Wildman–Crippen MR) is 88.8 cm³/mol. The number of anilines is 1. The summed E-state index contributed by atoms with van der Waals surface area (Å²) in [5, 5.41) is 9.09. The van der Waals surface area contributed by atoms with E-state index < -0.39 is 5.82 Å². The maximum absolute atomic E-state index is 13.8. The first-order valence-electron chi connectivity index (χ1n) is 7.25. The van der Waals surface area contributed by atoms with Crippen molar-refractivity contribution in [1.82, 2.24) is 0 Å². The van der Waals surface area contributed by atoms with Crippen LogP contribution in [0.1, 0.15) is 41.2 Å². The number of nitrogen functional groups attached to an aromatic ring is 1. The maximum Gasteiger partial charge on any atom is 0.141 e. The molecule has 0 bridgehead atoms. The summed E-state index contributed by atoms with van der Waals surface area (Å²) in [5.74, 6) is -0.483. The molecule has 0 unspecified atom stereocenters. The highest BCUT2D eigenvalue weighted by molar-refractivity contribution is 5.85. The first-order chi connectivity index (χ1) is 10.5. The van der Waals surface area contributed by atoms with E-state index in [9.17, 15) is 4.39 Å². The fraction of sp³-hybridized carbons (Fsp3) is 0.211. The summed E-state index contributed by atoms with van der Waals surface area (Å²) >= 11 is 0. The third-order valence-electron chi connectivity index (χ3n) is 3.80. The van der Waals surface area contributed by atoms with Crippen molar-refractivity contribution >= 4 is 11.3 Å². The SMILES string of the molecule is CC/C=C(\c1cc(C#N)c(F)cc1C)c1cccc(N)c1C. The Morgan fingerprint density at radius 2 is 2.00 bits per heavy atom. The summed E-state index contributed by atoms with van der Waals surface area (Å²) in [6.07, 6.45) is 2.92. The number of halogens is 1. The molecule has 0 atom stereocenters. The van der Waals surface area contributed by atoms with Gasteiger partial charge in [-0.15, -0.1) is 0 Å². The van der Waals surface area contributed by atoms with Crippen molar-refractivity contribution in [1.29, 1.82) is 5.26 Å². The standard InChI is InChI=1S/C19H19FN2/c1-4-6-16(15-7-5-8-19(22)13(15)3)17-10-14(11-21)18(20)9-12(17)2/h5-10H,4,22H2,1-3H3/b16-6-. The number of hydrogen-bond donors (Lipinski definition) is 1. The van der Waals surface area contributed by atoms with Crippen molar-refractivity contribution in [3.63, 3.8) is 0 Å². The van der Waals surface area contributed by atoms with Crippen LogP contribution in [-0.2, 0) is 0 Å². The predicted octanol–water partition coefficient (Wildman–Crippen LogP) is 4.74. The smallest absolute Gasteiger partial charge is 0.141 e. The summed E-state index contributed by atoms with van der Waals surface area (Å²) in [7, 11) is 0. The molecule has 3 heteroatoms. The molecule has 0 saturated heterocycles. The molecule has 2 aromatic rings. The molecule has 0 aliphatic carbocycles. The Hall–Kier alpha value is -2.60. The van der Waals surface area contributed by atoms with E-state index >= 15 is 0 Å². The second-order valence-electron chi connectivity index (χ2n) is 5.30. The van der Waals surface area contributed by atoms with E-state index in [2.05, 4.69) is 6.08 Å². The highest BCUT2D eigenvalue weighted by Gasteiger charge is 2.14. The first kappa shape index (κ1) is 15.8. The summed E-state index contributed by atoms with van der Waals surface area (Å²) in [6.45, 7) is 5.87. The quantitative estimate of drug-likeness (QED) is 0.831. The maximum atomic E-state index is 13.8. The number of nitriles is 1. The Labute approximate surface area is 130 Å². The normalized spacial score (nSPS) is 11.3. The lowest BCUT2D eigenvalue weighted by atomic mass is 9.89. The van der Waals surface area contributed by atoms with Crippen LogP contribution in [0, 0.1) is 31.0 Å². The molecular weight excluding hydrogens is 275 g/mol. The van der Waals surface area contributed by atoms with Gasteiger partial charge in [-0.25, -0.2) is 4.39 Å². The Kier molecular flexibility index (Phi) is 4.62. The first-order valence-corrected chi connectivity index (χ1v) is 7.25. The number of allylic oxidation sites excluding steroid dienone is 1. The van der Waals surface area contributed by atoms with E-state index in [1.165, 1.54) is 6.07 Å². The molecule has 2 N–H and O–H groups in total. The van der Waals surface area contributed by atoms with Gasteiger partial charge < -0.3 is 5.73 Å². The average Bonchev–Trinajstić information content (AvgIpc) is 2.49. The molecule has 0 saturated carbocycles. The van der Waals surface area contributed by atoms with Crippen LogP contribution < -0.4 is 5.73 Å². The van der Waals surface area contributed by atoms with Crippen molar-refractivity contribution < 1.29 is 4.39 Å². The van der Waals surface area contributed by atoms with Crippen molar-refractivity contribution in [2.75, 3.05) is 5.73 Å². The van der Waals surface area contributed by atoms with Gasteiger partial charge in [0, 0.05) is 5.69 Å². The lowest BCUT2D eigenvalue weighted by Gasteiger charge is -2.16. The molecule has 0 spiro atoms. The Morgan fingerprint density at radius 3 is 2.64 bits per heavy atom. The second kappa shape index (κ2) is 6.44. The van der Waals surface area contributed by atoms with Crippen LogP contribution in [0.25, 0.3) is 5.57 Å². The van der Waals surface area contributed by atoms with Gasteiger partial charge in [0.05, 0.1) is 5.56 Å². The van der Waals surface area contributed by atoms with Crippen LogP contribution in [0.3, 0.4) is 0 Å². The van der Waals surface area contributed by atoms with Crippen molar-refractivity contribution in [2.45, 2.75) is 27.2 Å². The molecule has 0 aliphatic rings. The molecule has 0 aromatic heterocycles. The van der Waals surface area contributed by atoms with Gasteiger partial charge in [0.15, 0.2) is 0 Å².